The van der Waals surface area contributed by atoms with Crippen molar-refractivity contribution in [2.75, 3.05) is 5.32 Å². The molecule has 4 atom stereocenters. The average molecular weight is 429 g/mol. The second kappa shape index (κ2) is 7.84. The summed E-state index contributed by atoms with van der Waals surface area (Å²) in [6.07, 6.45) is 12.8. The number of anilines is 1. The number of allylic oxidation sites excluding steroid dienone is 2. The SMILES string of the molecule is O=C(NC1CCCC1)c1c(NC(=O)[C@@H]2[C@@H](C(=O)O)[C@H]3C=C[C@H]2CC3)sc2c1CCC2. The van der Waals surface area contributed by atoms with Crippen molar-refractivity contribution in [2.24, 2.45) is 23.7 Å². The third-order valence-corrected chi connectivity index (χ3v) is 8.62. The van der Waals surface area contributed by atoms with E-state index in [0.29, 0.717) is 10.6 Å². The molecular formula is C23H28N2O4S. The highest BCUT2D eigenvalue weighted by Gasteiger charge is 2.48. The van der Waals surface area contributed by atoms with Crippen molar-refractivity contribution >= 4 is 34.1 Å². The van der Waals surface area contributed by atoms with Gasteiger partial charge in [0, 0.05) is 10.9 Å². The molecule has 2 bridgehead atoms. The Balaban J connectivity index is 1.40. The Kier molecular flexibility index (Phi) is 5.17. The number of thiophene rings is 1. The van der Waals surface area contributed by atoms with Gasteiger partial charge in [-0.15, -0.1) is 11.3 Å². The van der Waals surface area contributed by atoms with E-state index in [-0.39, 0.29) is 29.7 Å². The summed E-state index contributed by atoms with van der Waals surface area (Å²) in [4.78, 5) is 39.5. The van der Waals surface area contributed by atoms with Crippen LogP contribution in [0.1, 0.15) is 65.7 Å². The van der Waals surface area contributed by atoms with Crippen molar-refractivity contribution < 1.29 is 19.5 Å². The molecule has 5 aliphatic rings. The molecule has 0 aromatic carbocycles. The second-order valence-electron chi connectivity index (χ2n) is 9.19. The van der Waals surface area contributed by atoms with E-state index in [4.69, 9.17) is 0 Å². The van der Waals surface area contributed by atoms with E-state index in [1.54, 1.807) is 0 Å². The number of amides is 2. The van der Waals surface area contributed by atoms with Crippen LogP contribution in [0, 0.1) is 23.7 Å². The highest BCUT2D eigenvalue weighted by Crippen LogP contribution is 2.46. The van der Waals surface area contributed by atoms with Crippen LogP contribution in [0.2, 0.25) is 0 Å². The van der Waals surface area contributed by atoms with Gasteiger partial charge in [0.1, 0.15) is 5.00 Å². The van der Waals surface area contributed by atoms with Crippen LogP contribution in [-0.2, 0) is 22.4 Å². The number of aliphatic carboxylic acids is 1. The molecule has 30 heavy (non-hydrogen) atoms. The van der Waals surface area contributed by atoms with Gasteiger partial charge in [0.15, 0.2) is 0 Å². The molecule has 3 N–H and O–H groups in total. The van der Waals surface area contributed by atoms with Crippen LogP contribution in [0.3, 0.4) is 0 Å². The highest BCUT2D eigenvalue weighted by atomic mass is 32.1. The van der Waals surface area contributed by atoms with E-state index in [2.05, 4.69) is 10.6 Å². The smallest absolute Gasteiger partial charge is 0.307 e. The van der Waals surface area contributed by atoms with Gasteiger partial charge in [0.2, 0.25) is 5.91 Å². The van der Waals surface area contributed by atoms with Crippen LogP contribution in [0.15, 0.2) is 12.2 Å². The van der Waals surface area contributed by atoms with Gasteiger partial charge in [-0.3, -0.25) is 14.4 Å². The summed E-state index contributed by atoms with van der Waals surface area (Å²) in [7, 11) is 0. The van der Waals surface area contributed by atoms with Crippen LogP contribution in [0.5, 0.6) is 0 Å². The first-order valence-corrected chi connectivity index (χ1v) is 12.0. The number of carbonyl (C=O) groups excluding carboxylic acids is 2. The maximum Gasteiger partial charge on any atom is 0.307 e. The van der Waals surface area contributed by atoms with Crippen molar-refractivity contribution in [2.45, 2.75) is 63.8 Å². The Labute approximate surface area is 180 Å². The fourth-order valence-electron chi connectivity index (χ4n) is 5.94. The van der Waals surface area contributed by atoms with Crippen LogP contribution < -0.4 is 10.6 Å². The van der Waals surface area contributed by atoms with Crippen LogP contribution in [0.25, 0.3) is 0 Å². The monoisotopic (exact) mass is 428 g/mol. The van der Waals surface area contributed by atoms with Gasteiger partial charge in [0.25, 0.3) is 5.91 Å². The van der Waals surface area contributed by atoms with Gasteiger partial charge in [-0.25, -0.2) is 0 Å². The number of fused-ring (bicyclic) bond motifs is 3. The minimum Gasteiger partial charge on any atom is -0.481 e. The molecule has 2 saturated carbocycles. The van der Waals surface area contributed by atoms with E-state index in [1.807, 2.05) is 12.2 Å². The number of carboxylic acid groups (broad SMARTS) is 1. The van der Waals surface area contributed by atoms with E-state index in [1.165, 1.54) is 16.2 Å². The quantitative estimate of drug-likeness (QED) is 0.622. The first-order chi connectivity index (χ1) is 14.5. The maximum absolute atomic E-state index is 13.3. The Morgan fingerprint density at radius 1 is 0.933 bits per heavy atom. The molecule has 0 unspecified atom stereocenters. The molecule has 2 amide bonds. The zero-order chi connectivity index (χ0) is 20.8. The predicted molar refractivity (Wildman–Crippen MR) is 115 cm³/mol. The first kappa shape index (κ1) is 19.8. The summed E-state index contributed by atoms with van der Waals surface area (Å²) in [5, 5.41) is 16.6. The standard InChI is InChI=1S/C23H28N2O4S/c26-20(17-12-8-10-13(11-9-12)18(17)23(28)29)25-22-19(15-6-3-7-16(15)30-22)21(27)24-14-4-1-2-5-14/h8,10,12-14,17-18H,1-7,9,11H2,(H,24,27)(H,25,26)(H,28,29)/t12-,13-,17-,18-/m0/s1. The average Bonchev–Trinajstić information content (AvgIpc) is 3.45. The van der Waals surface area contributed by atoms with E-state index in [0.717, 1.165) is 63.4 Å². The van der Waals surface area contributed by atoms with Crippen molar-refractivity contribution in [1.29, 1.82) is 0 Å². The molecule has 1 aromatic rings. The molecule has 6 nitrogen and oxygen atoms in total. The predicted octanol–water partition coefficient (Wildman–Crippen LogP) is 3.76. The number of rotatable bonds is 5. The van der Waals surface area contributed by atoms with Gasteiger partial charge in [-0.1, -0.05) is 25.0 Å². The zero-order valence-corrected chi connectivity index (χ0v) is 17.8. The summed E-state index contributed by atoms with van der Waals surface area (Å²) in [5.41, 5.74) is 1.70. The third kappa shape index (κ3) is 3.37. The van der Waals surface area contributed by atoms with Crippen LogP contribution >= 0.6 is 11.3 Å². The molecule has 160 valence electrons. The van der Waals surface area contributed by atoms with E-state index < -0.39 is 17.8 Å². The number of hydrogen-bond acceptors (Lipinski definition) is 4. The molecule has 2 fully saturated rings. The normalized spacial score (nSPS) is 29.7. The minimum absolute atomic E-state index is 0.0429. The zero-order valence-electron chi connectivity index (χ0n) is 17.0. The lowest BCUT2D eigenvalue weighted by Gasteiger charge is -2.41. The maximum atomic E-state index is 13.3. The minimum atomic E-state index is -0.901. The molecule has 0 spiro atoms. The van der Waals surface area contributed by atoms with Gasteiger partial charge in [0.05, 0.1) is 17.4 Å². The summed E-state index contributed by atoms with van der Waals surface area (Å²) in [5.74, 6) is -2.62. The highest BCUT2D eigenvalue weighted by molar-refractivity contribution is 7.17. The fraction of sp³-hybridized carbons (Fsp3) is 0.609. The summed E-state index contributed by atoms with van der Waals surface area (Å²) in [6, 6.07) is 0.216. The topological polar surface area (TPSA) is 95.5 Å². The number of carboxylic acids is 1. The number of nitrogens with one attached hydrogen (secondary N) is 2. The Morgan fingerprint density at radius 2 is 1.63 bits per heavy atom. The Bertz CT molecular complexity index is 915. The summed E-state index contributed by atoms with van der Waals surface area (Å²) in [6.45, 7) is 0. The largest absolute Gasteiger partial charge is 0.481 e. The molecule has 7 heteroatoms. The third-order valence-electron chi connectivity index (χ3n) is 7.41. The molecular weight excluding hydrogens is 400 g/mol. The lowest BCUT2D eigenvalue weighted by Crippen LogP contribution is -2.47. The number of carbonyl (C=O) groups is 3. The molecule has 0 aliphatic heterocycles. The molecule has 0 radical (unpaired) electrons. The van der Waals surface area contributed by atoms with Crippen molar-refractivity contribution in [1.82, 2.24) is 5.32 Å². The number of hydrogen-bond donors (Lipinski definition) is 3. The molecule has 0 saturated heterocycles. The van der Waals surface area contributed by atoms with Gasteiger partial charge >= 0.3 is 5.97 Å². The van der Waals surface area contributed by atoms with Crippen LogP contribution in [0.4, 0.5) is 5.00 Å². The van der Waals surface area contributed by atoms with Crippen molar-refractivity contribution in [3.8, 4) is 0 Å². The molecule has 1 heterocycles. The van der Waals surface area contributed by atoms with Crippen molar-refractivity contribution in [3.63, 3.8) is 0 Å². The molecule has 1 aromatic heterocycles. The fourth-order valence-corrected chi connectivity index (χ4v) is 7.23. The lowest BCUT2D eigenvalue weighted by atomic mass is 9.62. The Morgan fingerprint density at radius 3 is 2.30 bits per heavy atom. The van der Waals surface area contributed by atoms with Gasteiger partial charge < -0.3 is 15.7 Å². The summed E-state index contributed by atoms with van der Waals surface area (Å²) < 4.78 is 0. The van der Waals surface area contributed by atoms with E-state index in [9.17, 15) is 19.5 Å². The molecule has 5 aliphatic carbocycles. The van der Waals surface area contributed by atoms with Gasteiger partial charge in [-0.05, 0) is 62.3 Å². The number of aryl methyl sites for hydroxylation is 1. The molecule has 6 rings (SSSR count). The second-order valence-corrected chi connectivity index (χ2v) is 10.3. The van der Waals surface area contributed by atoms with Crippen molar-refractivity contribution in [3.05, 3.63) is 28.2 Å². The summed E-state index contributed by atoms with van der Waals surface area (Å²) >= 11 is 1.50. The van der Waals surface area contributed by atoms with Gasteiger partial charge in [-0.2, -0.15) is 0 Å². The Hall–Kier alpha value is -2.15. The first-order valence-electron chi connectivity index (χ1n) is 11.2. The van der Waals surface area contributed by atoms with E-state index >= 15 is 0 Å². The lowest BCUT2D eigenvalue weighted by molar-refractivity contribution is -0.151. The van der Waals surface area contributed by atoms with Crippen LogP contribution in [-0.4, -0.2) is 28.9 Å².